The summed E-state index contributed by atoms with van der Waals surface area (Å²) in [4.78, 5) is 19.9. The van der Waals surface area contributed by atoms with Crippen molar-refractivity contribution in [1.82, 2.24) is 15.5 Å². The third-order valence-corrected chi connectivity index (χ3v) is 5.26. The summed E-state index contributed by atoms with van der Waals surface area (Å²) in [6.07, 6.45) is 5.60. The van der Waals surface area contributed by atoms with Gasteiger partial charge in [-0.2, -0.15) is 0 Å². The molecule has 0 bridgehead atoms. The minimum Gasteiger partial charge on any atom is -0.469 e. The molecule has 6 nitrogen and oxygen atoms in total. The van der Waals surface area contributed by atoms with Crippen molar-refractivity contribution in [2.45, 2.75) is 25.7 Å². The molecule has 0 radical (unpaired) electrons. The highest BCUT2D eigenvalue weighted by Gasteiger charge is 2.17. The first kappa shape index (κ1) is 18.5. The maximum absolute atomic E-state index is 12.2. The van der Waals surface area contributed by atoms with Crippen LogP contribution in [-0.2, 0) is 17.6 Å². The molecule has 0 saturated carbocycles. The van der Waals surface area contributed by atoms with Gasteiger partial charge in [0, 0.05) is 37.5 Å². The zero-order valence-corrected chi connectivity index (χ0v) is 15.8. The second-order valence-corrected chi connectivity index (χ2v) is 7.30. The van der Waals surface area contributed by atoms with Crippen LogP contribution >= 0.6 is 11.3 Å². The highest BCUT2D eigenvalue weighted by molar-refractivity contribution is 7.09. The predicted octanol–water partition coefficient (Wildman–Crippen LogP) is 2.28. The van der Waals surface area contributed by atoms with Gasteiger partial charge in [-0.3, -0.25) is 4.79 Å². The standard InChI is InChI=1S/C19H26N4O2S/c24-18(23-11-1-2-12-23)15-22-19(20-9-7-16-5-3-13-25-16)21-10-8-17-6-4-14-26-17/h3-6,13-14H,1-2,7-12,15H2,(H2,20,21,22). The molecule has 0 atom stereocenters. The predicted molar refractivity (Wildman–Crippen MR) is 105 cm³/mol. The Labute approximate surface area is 158 Å². The van der Waals surface area contributed by atoms with Crippen LogP contribution in [0.3, 0.4) is 0 Å². The van der Waals surface area contributed by atoms with Crippen LogP contribution in [0.15, 0.2) is 45.3 Å². The van der Waals surface area contributed by atoms with E-state index in [0.717, 1.165) is 51.1 Å². The molecule has 26 heavy (non-hydrogen) atoms. The lowest BCUT2D eigenvalue weighted by atomic mass is 10.3. The van der Waals surface area contributed by atoms with Crippen LogP contribution in [0, 0.1) is 0 Å². The molecular formula is C19H26N4O2S. The van der Waals surface area contributed by atoms with E-state index in [1.165, 1.54) is 4.88 Å². The smallest absolute Gasteiger partial charge is 0.244 e. The molecule has 7 heteroatoms. The number of nitrogens with one attached hydrogen (secondary N) is 2. The number of hydrogen-bond acceptors (Lipinski definition) is 4. The Balaban J connectivity index is 1.48. The Bertz CT molecular complexity index is 634. The first-order chi connectivity index (χ1) is 12.8. The number of rotatable bonds is 8. The second-order valence-electron chi connectivity index (χ2n) is 6.27. The number of hydrogen-bond donors (Lipinski definition) is 2. The average molecular weight is 375 g/mol. The maximum atomic E-state index is 12.2. The number of amides is 1. The zero-order valence-electron chi connectivity index (χ0n) is 14.9. The summed E-state index contributed by atoms with van der Waals surface area (Å²) in [7, 11) is 0. The molecule has 1 amide bonds. The molecule has 3 rings (SSSR count). The van der Waals surface area contributed by atoms with Crippen LogP contribution < -0.4 is 10.6 Å². The molecule has 2 aromatic heterocycles. The summed E-state index contributed by atoms with van der Waals surface area (Å²) >= 11 is 1.75. The first-order valence-corrected chi connectivity index (χ1v) is 10.0. The van der Waals surface area contributed by atoms with Crippen molar-refractivity contribution in [3.05, 3.63) is 46.5 Å². The maximum Gasteiger partial charge on any atom is 0.244 e. The Morgan fingerprint density at radius 1 is 1.15 bits per heavy atom. The summed E-state index contributed by atoms with van der Waals surface area (Å²) < 4.78 is 5.35. The van der Waals surface area contributed by atoms with Crippen LogP contribution in [0.5, 0.6) is 0 Å². The van der Waals surface area contributed by atoms with E-state index in [9.17, 15) is 4.79 Å². The van der Waals surface area contributed by atoms with E-state index in [1.807, 2.05) is 17.0 Å². The van der Waals surface area contributed by atoms with Crippen molar-refractivity contribution in [3.63, 3.8) is 0 Å². The summed E-state index contributed by atoms with van der Waals surface area (Å²) in [5, 5.41) is 8.71. The van der Waals surface area contributed by atoms with E-state index < -0.39 is 0 Å². The Morgan fingerprint density at radius 2 is 1.96 bits per heavy atom. The number of thiophene rings is 1. The van der Waals surface area contributed by atoms with Gasteiger partial charge in [0.2, 0.25) is 5.91 Å². The number of furan rings is 1. The zero-order chi connectivity index (χ0) is 18.0. The van der Waals surface area contributed by atoms with Gasteiger partial charge >= 0.3 is 0 Å². The number of carbonyl (C=O) groups excluding carboxylic acids is 1. The first-order valence-electron chi connectivity index (χ1n) is 9.16. The molecule has 1 aliphatic rings. The van der Waals surface area contributed by atoms with Crippen LogP contribution in [0.1, 0.15) is 23.5 Å². The minimum absolute atomic E-state index is 0.105. The molecule has 3 heterocycles. The minimum atomic E-state index is 0.105. The fourth-order valence-electron chi connectivity index (χ4n) is 2.91. The fraction of sp³-hybridized carbons (Fsp3) is 0.474. The summed E-state index contributed by atoms with van der Waals surface area (Å²) in [5.74, 6) is 1.72. The number of likely N-dealkylation sites (tertiary alicyclic amines) is 1. The largest absolute Gasteiger partial charge is 0.469 e. The lowest BCUT2D eigenvalue weighted by Crippen LogP contribution is -2.40. The monoisotopic (exact) mass is 374 g/mol. The van der Waals surface area contributed by atoms with E-state index in [1.54, 1.807) is 17.6 Å². The van der Waals surface area contributed by atoms with Gasteiger partial charge in [0.1, 0.15) is 12.3 Å². The Hall–Kier alpha value is -2.28. The topological polar surface area (TPSA) is 69.9 Å². The molecule has 2 N–H and O–H groups in total. The van der Waals surface area contributed by atoms with Gasteiger partial charge in [-0.05, 0) is 42.8 Å². The van der Waals surface area contributed by atoms with Gasteiger partial charge in [0.25, 0.3) is 0 Å². The van der Waals surface area contributed by atoms with E-state index in [2.05, 4.69) is 33.1 Å². The quantitative estimate of drug-likeness (QED) is 0.549. The normalized spacial score (nSPS) is 14.6. The molecule has 0 unspecified atom stereocenters. The number of nitrogens with zero attached hydrogens (tertiary/aromatic N) is 2. The van der Waals surface area contributed by atoms with Gasteiger partial charge in [0.05, 0.1) is 6.26 Å². The number of carbonyl (C=O) groups is 1. The van der Waals surface area contributed by atoms with Crippen molar-refractivity contribution in [2.75, 3.05) is 32.7 Å². The molecule has 1 fully saturated rings. The molecule has 1 aliphatic heterocycles. The van der Waals surface area contributed by atoms with Crippen LogP contribution in [0.4, 0.5) is 0 Å². The molecule has 2 aromatic rings. The molecule has 0 spiro atoms. The second kappa shape index (κ2) is 10.0. The highest BCUT2D eigenvalue weighted by atomic mass is 32.1. The third-order valence-electron chi connectivity index (χ3n) is 4.32. The van der Waals surface area contributed by atoms with Gasteiger partial charge in [-0.1, -0.05) is 6.07 Å². The van der Waals surface area contributed by atoms with E-state index in [4.69, 9.17) is 4.42 Å². The van der Waals surface area contributed by atoms with E-state index >= 15 is 0 Å². The van der Waals surface area contributed by atoms with Crippen LogP contribution in [0.25, 0.3) is 0 Å². The molecular weight excluding hydrogens is 348 g/mol. The fourth-order valence-corrected chi connectivity index (χ4v) is 3.61. The van der Waals surface area contributed by atoms with E-state index in [0.29, 0.717) is 12.5 Å². The van der Waals surface area contributed by atoms with Crippen molar-refractivity contribution in [3.8, 4) is 0 Å². The number of aliphatic imine (C=N–C) groups is 1. The SMILES string of the molecule is O=C(CN=C(NCCc1ccco1)NCCc1cccs1)N1CCCC1. The lowest BCUT2D eigenvalue weighted by molar-refractivity contribution is -0.128. The van der Waals surface area contributed by atoms with E-state index in [-0.39, 0.29) is 12.5 Å². The third kappa shape index (κ3) is 5.91. The van der Waals surface area contributed by atoms with Crippen molar-refractivity contribution < 1.29 is 9.21 Å². The van der Waals surface area contributed by atoms with Crippen molar-refractivity contribution >= 4 is 23.2 Å². The van der Waals surface area contributed by atoms with Gasteiger partial charge in [0.15, 0.2) is 5.96 Å². The summed E-state index contributed by atoms with van der Waals surface area (Å²) in [6.45, 7) is 3.40. The van der Waals surface area contributed by atoms with Gasteiger partial charge < -0.3 is 20.0 Å². The van der Waals surface area contributed by atoms with Crippen LogP contribution in [-0.4, -0.2) is 49.5 Å². The number of guanidine groups is 1. The van der Waals surface area contributed by atoms with Crippen molar-refractivity contribution in [2.24, 2.45) is 4.99 Å². The Morgan fingerprint density at radius 3 is 2.65 bits per heavy atom. The highest BCUT2D eigenvalue weighted by Crippen LogP contribution is 2.08. The lowest BCUT2D eigenvalue weighted by Gasteiger charge is -2.15. The summed E-state index contributed by atoms with van der Waals surface area (Å²) in [5.41, 5.74) is 0. The van der Waals surface area contributed by atoms with Gasteiger partial charge in [-0.25, -0.2) is 4.99 Å². The van der Waals surface area contributed by atoms with Gasteiger partial charge in [-0.15, -0.1) is 11.3 Å². The molecule has 1 saturated heterocycles. The van der Waals surface area contributed by atoms with Crippen molar-refractivity contribution in [1.29, 1.82) is 0 Å². The molecule has 0 aliphatic carbocycles. The average Bonchev–Trinajstić information content (AvgIpc) is 3.42. The molecule has 0 aromatic carbocycles. The summed E-state index contributed by atoms with van der Waals surface area (Å²) in [6, 6.07) is 8.04. The molecule has 140 valence electrons. The Kier molecular flexibility index (Phi) is 7.13. The van der Waals surface area contributed by atoms with Crippen LogP contribution in [0.2, 0.25) is 0 Å².